The first-order chi connectivity index (χ1) is 14.8. The van der Waals surface area contributed by atoms with Crippen LogP contribution in [0.3, 0.4) is 0 Å². The summed E-state index contributed by atoms with van der Waals surface area (Å²) in [5.41, 5.74) is 1.92. The zero-order valence-corrected chi connectivity index (χ0v) is 18.5. The van der Waals surface area contributed by atoms with Crippen LogP contribution in [0.1, 0.15) is 22.7 Å². The molecule has 0 unspecified atom stereocenters. The lowest BCUT2D eigenvalue weighted by Gasteiger charge is -2.27. The van der Waals surface area contributed by atoms with Crippen LogP contribution in [-0.4, -0.2) is 68.0 Å². The molecular formula is C24H28N2O5. The fourth-order valence-corrected chi connectivity index (χ4v) is 3.81. The van der Waals surface area contributed by atoms with Crippen LogP contribution < -0.4 is 9.47 Å². The van der Waals surface area contributed by atoms with Gasteiger partial charge in [0.15, 0.2) is 0 Å². The third-order valence-electron chi connectivity index (χ3n) is 5.45. The second-order valence-electron chi connectivity index (χ2n) is 7.72. The summed E-state index contributed by atoms with van der Waals surface area (Å²) in [7, 11) is 6.90. The summed E-state index contributed by atoms with van der Waals surface area (Å²) in [5, 5.41) is 11.2. The number of carbonyl (C=O) groups excluding carboxylic acids is 2. The van der Waals surface area contributed by atoms with Crippen LogP contribution in [-0.2, 0) is 9.59 Å². The summed E-state index contributed by atoms with van der Waals surface area (Å²) in [5.74, 6) is -0.363. The molecule has 2 aromatic carbocycles. The molecule has 7 nitrogen and oxygen atoms in total. The minimum absolute atomic E-state index is 0.0570. The van der Waals surface area contributed by atoms with Crippen LogP contribution in [0.15, 0.2) is 48.0 Å². The lowest BCUT2D eigenvalue weighted by Crippen LogP contribution is -2.35. The topological polar surface area (TPSA) is 79.3 Å². The SMILES string of the molecule is COc1ccc(C(O)=C2C(=O)C(=O)N(CCN(C)C)[C@@H]2c2ccccc2OC)c(C)c1. The van der Waals surface area contributed by atoms with Gasteiger partial charge in [0.05, 0.1) is 25.8 Å². The lowest BCUT2D eigenvalue weighted by molar-refractivity contribution is -0.140. The van der Waals surface area contributed by atoms with Crippen molar-refractivity contribution in [3.05, 3.63) is 64.7 Å². The van der Waals surface area contributed by atoms with Gasteiger partial charge in [-0.2, -0.15) is 0 Å². The fourth-order valence-electron chi connectivity index (χ4n) is 3.81. The van der Waals surface area contributed by atoms with Gasteiger partial charge in [0.1, 0.15) is 17.3 Å². The van der Waals surface area contributed by atoms with E-state index in [0.29, 0.717) is 35.7 Å². The third kappa shape index (κ3) is 4.27. The molecule has 0 saturated carbocycles. The number of likely N-dealkylation sites (tertiary alicyclic amines) is 1. The molecule has 0 aliphatic carbocycles. The summed E-state index contributed by atoms with van der Waals surface area (Å²) in [6, 6.07) is 11.7. The Labute approximate surface area is 182 Å². The van der Waals surface area contributed by atoms with Crippen molar-refractivity contribution < 1.29 is 24.2 Å². The van der Waals surface area contributed by atoms with Crippen LogP contribution in [0.4, 0.5) is 0 Å². The van der Waals surface area contributed by atoms with E-state index in [0.717, 1.165) is 5.56 Å². The molecule has 1 atom stereocenters. The van der Waals surface area contributed by atoms with Gasteiger partial charge < -0.3 is 24.4 Å². The van der Waals surface area contributed by atoms with Gasteiger partial charge in [-0.15, -0.1) is 0 Å². The van der Waals surface area contributed by atoms with E-state index in [1.54, 1.807) is 38.5 Å². The summed E-state index contributed by atoms with van der Waals surface area (Å²) >= 11 is 0. The molecule has 164 valence electrons. The second-order valence-corrected chi connectivity index (χ2v) is 7.72. The molecule has 1 heterocycles. The normalized spacial score (nSPS) is 18.0. The molecule has 0 bridgehead atoms. The number of aryl methyl sites for hydroxylation is 1. The van der Waals surface area contributed by atoms with Gasteiger partial charge in [-0.25, -0.2) is 0 Å². The van der Waals surface area contributed by atoms with Crippen molar-refractivity contribution in [1.82, 2.24) is 9.80 Å². The smallest absolute Gasteiger partial charge is 0.295 e. The van der Waals surface area contributed by atoms with E-state index in [2.05, 4.69) is 0 Å². The number of Topliss-reactive ketones (excluding diaryl/α,β-unsaturated/α-hetero) is 1. The number of ketones is 1. The van der Waals surface area contributed by atoms with E-state index in [9.17, 15) is 14.7 Å². The number of benzene rings is 2. The zero-order chi connectivity index (χ0) is 22.7. The van der Waals surface area contributed by atoms with Crippen molar-refractivity contribution in [3.63, 3.8) is 0 Å². The number of ether oxygens (including phenoxy) is 2. The number of nitrogens with zero attached hydrogens (tertiary/aromatic N) is 2. The van der Waals surface area contributed by atoms with Crippen LogP contribution in [0, 0.1) is 6.92 Å². The van der Waals surface area contributed by atoms with Gasteiger partial charge in [0.25, 0.3) is 11.7 Å². The maximum absolute atomic E-state index is 13.1. The number of hydrogen-bond donors (Lipinski definition) is 1. The fraction of sp³-hybridized carbons (Fsp3) is 0.333. The number of rotatable bonds is 7. The molecule has 1 amide bonds. The van der Waals surface area contributed by atoms with Crippen LogP contribution in [0.5, 0.6) is 11.5 Å². The number of likely N-dealkylation sites (N-methyl/N-ethyl adjacent to an activating group) is 1. The van der Waals surface area contributed by atoms with Crippen molar-refractivity contribution in [1.29, 1.82) is 0 Å². The summed E-state index contributed by atoms with van der Waals surface area (Å²) in [6.45, 7) is 2.72. The monoisotopic (exact) mass is 424 g/mol. The number of aliphatic hydroxyl groups is 1. The first-order valence-electron chi connectivity index (χ1n) is 10.0. The predicted molar refractivity (Wildman–Crippen MR) is 118 cm³/mol. The Bertz CT molecular complexity index is 1030. The molecule has 0 aromatic heterocycles. The maximum atomic E-state index is 13.1. The van der Waals surface area contributed by atoms with Gasteiger partial charge >= 0.3 is 0 Å². The largest absolute Gasteiger partial charge is 0.507 e. The van der Waals surface area contributed by atoms with Crippen LogP contribution in [0.25, 0.3) is 5.76 Å². The molecular weight excluding hydrogens is 396 g/mol. The quantitative estimate of drug-likeness (QED) is 0.418. The molecule has 2 aromatic rings. The van der Waals surface area contributed by atoms with E-state index in [1.807, 2.05) is 44.1 Å². The molecule has 3 rings (SSSR count). The Kier molecular flexibility index (Phi) is 6.65. The Morgan fingerprint density at radius 2 is 1.81 bits per heavy atom. The molecule has 7 heteroatoms. The highest BCUT2D eigenvalue weighted by atomic mass is 16.5. The number of carbonyl (C=O) groups is 2. The molecule has 1 aliphatic heterocycles. The van der Waals surface area contributed by atoms with Crippen LogP contribution in [0.2, 0.25) is 0 Å². The standard InChI is InChI=1S/C24H28N2O5/c1-15-14-16(30-4)10-11-17(15)22(27)20-21(18-8-6-7-9-19(18)31-5)26(13-12-25(2)3)24(29)23(20)28/h6-11,14,21,27H,12-13H2,1-5H3/t21-/m1/s1. The third-order valence-corrected chi connectivity index (χ3v) is 5.45. The second kappa shape index (κ2) is 9.22. The zero-order valence-electron chi connectivity index (χ0n) is 18.5. The van der Waals surface area contributed by atoms with E-state index >= 15 is 0 Å². The average Bonchev–Trinajstić information content (AvgIpc) is 3.01. The van der Waals surface area contributed by atoms with E-state index < -0.39 is 17.7 Å². The Morgan fingerprint density at radius 1 is 1.10 bits per heavy atom. The minimum Gasteiger partial charge on any atom is -0.507 e. The summed E-state index contributed by atoms with van der Waals surface area (Å²) < 4.78 is 10.7. The maximum Gasteiger partial charge on any atom is 0.295 e. The molecule has 1 saturated heterocycles. The number of hydrogen-bond acceptors (Lipinski definition) is 6. The van der Waals surface area contributed by atoms with E-state index in [1.165, 1.54) is 4.90 Å². The molecule has 0 radical (unpaired) electrons. The molecule has 31 heavy (non-hydrogen) atoms. The van der Waals surface area contributed by atoms with E-state index in [-0.39, 0.29) is 11.3 Å². The van der Waals surface area contributed by atoms with Crippen LogP contribution >= 0.6 is 0 Å². The number of aliphatic hydroxyl groups excluding tert-OH is 1. The van der Waals surface area contributed by atoms with Gasteiger partial charge in [-0.3, -0.25) is 9.59 Å². The Hall–Kier alpha value is -3.32. The number of amides is 1. The van der Waals surface area contributed by atoms with Crippen molar-refractivity contribution in [2.45, 2.75) is 13.0 Å². The highest BCUT2D eigenvalue weighted by molar-refractivity contribution is 6.46. The van der Waals surface area contributed by atoms with Gasteiger partial charge in [0.2, 0.25) is 0 Å². The van der Waals surface area contributed by atoms with Crippen molar-refractivity contribution in [3.8, 4) is 11.5 Å². The lowest BCUT2D eigenvalue weighted by atomic mass is 9.93. The van der Waals surface area contributed by atoms with E-state index in [4.69, 9.17) is 9.47 Å². The molecule has 1 N–H and O–H groups in total. The molecule has 1 fully saturated rings. The van der Waals surface area contributed by atoms with Crippen molar-refractivity contribution in [2.75, 3.05) is 41.4 Å². The average molecular weight is 424 g/mol. The molecule has 1 aliphatic rings. The Balaban J connectivity index is 2.21. The predicted octanol–water partition coefficient (Wildman–Crippen LogP) is 3.00. The first-order valence-corrected chi connectivity index (χ1v) is 10.0. The highest BCUT2D eigenvalue weighted by Gasteiger charge is 2.46. The summed E-state index contributed by atoms with van der Waals surface area (Å²) in [6.07, 6.45) is 0. The molecule has 0 spiro atoms. The van der Waals surface area contributed by atoms with Gasteiger partial charge in [-0.05, 0) is 50.8 Å². The van der Waals surface area contributed by atoms with Gasteiger partial charge in [0, 0.05) is 24.2 Å². The first kappa shape index (κ1) is 22.4. The number of para-hydroxylation sites is 1. The van der Waals surface area contributed by atoms with Crippen molar-refractivity contribution >= 4 is 17.4 Å². The minimum atomic E-state index is -0.752. The highest BCUT2D eigenvalue weighted by Crippen LogP contribution is 2.42. The van der Waals surface area contributed by atoms with Crippen molar-refractivity contribution in [2.24, 2.45) is 0 Å². The summed E-state index contributed by atoms with van der Waals surface area (Å²) in [4.78, 5) is 29.5. The number of methoxy groups -OCH3 is 2. The van der Waals surface area contributed by atoms with Gasteiger partial charge in [-0.1, -0.05) is 18.2 Å². The Morgan fingerprint density at radius 3 is 2.42 bits per heavy atom.